The molecule has 0 saturated carbocycles. The van der Waals surface area contributed by atoms with Gasteiger partial charge in [0.25, 0.3) is 0 Å². The Labute approximate surface area is 159 Å². The van der Waals surface area contributed by atoms with E-state index in [1.807, 2.05) is 19.9 Å². The van der Waals surface area contributed by atoms with Crippen LogP contribution in [-0.2, 0) is 0 Å². The molecule has 0 radical (unpaired) electrons. The predicted octanol–water partition coefficient (Wildman–Crippen LogP) is 6.41. The second kappa shape index (κ2) is 6.23. The van der Waals surface area contributed by atoms with E-state index in [0.717, 1.165) is 41.3 Å². The maximum atomic E-state index is 11.1. The van der Waals surface area contributed by atoms with Crippen LogP contribution in [0.15, 0.2) is 31.1 Å². The third-order valence-corrected chi connectivity index (χ3v) is 7.70. The largest absolute Gasteiger partial charge is 0.384 e. The first-order valence-corrected chi connectivity index (χ1v) is 9.79. The third-order valence-electron chi connectivity index (χ3n) is 4.04. The lowest BCUT2D eigenvalue weighted by Gasteiger charge is -2.37. The summed E-state index contributed by atoms with van der Waals surface area (Å²) in [6.45, 7) is 8.04. The maximum Gasteiger partial charge on any atom is 0.104 e. The van der Waals surface area contributed by atoms with Crippen molar-refractivity contribution in [2.75, 3.05) is 0 Å². The molecule has 2 atom stereocenters. The summed E-state index contributed by atoms with van der Waals surface area (Å²) in [6, 6.07) is 2.05. The zero-order chi connectivity index (χ0) is 16.1. The molecule has 0 amide bonds. The molecule has 1 aromatic carbocycles. The van der Waals surface area contributed by atoms with Crippen LogP contribution in [0, 0.1) is 13.8 Å². The Kier molecular flexibility index (Phi) is 5.32. The number of rotatable bonds is 1. The van der Waals surface area contributed by atoms with Crippen LogP contribution in [0.3, 0.4) is 0 Å². The zero-order valence-electron chi connectivity index (χ0n) is 12.2. The Balaban J connectivity index is 2.88. The van der Waals surface area contributed by atoms with Crippen molar-refractivity contribution in [2.24, 2.45) is 0 Å². The molecule has 1 aromatic rings. The molecule has 114 valence electrons. The van der Waals surface area contributed by atoms with E-state index in [1.165, 1.54) is 0 Å². The van der Waals surface area contributed by atoms with Crippen molar-refractivity contribution in [1.82, 2.24) is 0 Å². The molecule has 0 bridgehead atoms. The van der Waals surface area contributed by atoms with Crippen molar-refractivity contribution >= 4 is 69.3 Å². The highest BCUT2D eigenvalue weighted by atomic mass is 79.9. The van der Waals surface area contributed by atoms with Crippen LogP contribution in [0.2, 0.25) is 0 Å². The second-order valence-corrected chi connectivity index (χ2v) is 9.08. The van der Waals surface area contributed by atoms with Gasteiger partial charge >= 0.3 is 0 Å². The monoisotopic (exact) mass is 540 g/mol. The summed E-state index contributed by atoms with van der Waals surface area (Å²) in [5.74, 6) is 0. The Bertz CT molecular complexity index is 645. The molecule has 0 aliphatic heterocycles. The standard InChI is InChI=1S/C16H16Br4O/c1-7-10(17)5-11(18)8(2)14(7)15-9(3)12(19)6-13(20)16(15,4)21/h5-6,13,21H,1-4H3. The van der Waals surface area contributed by atoms with Gasteiger partial charge in [-0.1, -0.05) is 69.8 Å². The normalized spacial score (nSPS) is 26.1. The average Bonchev–Trinajstić information content (AvgIpc) is 2.38. The molecule has 1 aliphatic carbocycles. The number of aliphatic hydroxyl groups is 1. The lowest BCUT2D eigenvalue weighted by atomic mass is 9.78. The molecule has 1 N–H and O–H groups in total. The van der Waals surface area contributed by atoms with Gasteiger partial charge < -0.3 is 5.11 Å². The van der Waals surface area contributed by atoms with E-state index in [9.17, 15) is 5.11 Å². The van der Waals surface area contributed by atoms with E-state index >= 15 is 0 Å². The lowest BCUT2D eigenvalue weighted by molar-refractivity contribution is 0.131. The highest BCUT2D eigenvalue weighted by Gasteiger charge is 2.40. The lowest BCUT2D eigenvalue weighted by Crippen LogP contribution is -2.39. The van der Waals surface area contributed by atoms with Gasteiger partial charge in [0.2, 0.25) is 0 Å². The molecule has 0 heterocycles. The number of halogens is 4. The van der Waals surface area contributed by atoms with Gasteiger partial charge in [-0.05, 0) is 61.6 Å². The summed E-state index contributed by atoms with van der Waals surface area (Å²) >= 11 is 14.4. The number of alkyl halides is 1. The van der Waals surface area contributed by atoms with E-state index < -0.39 is 5.60 Å². The van der Waals surface area contributed by atoms with E-state index in [0.29, 0.717) is 0 Å². The van der Waals surface area contributed by atoms with Crippen molar-refractivity contribution in [2.45, 2.75) is 38.1 Å². The van der Waals surface area contributed by atoms with E-state index in [1.54, 1.807) is 0 Å². The number of hydrogen-bond donors (Lipinski definition) is 1. The minimum atomic E-state index is -0.975. The van der Waals surface area contributed by atoms with Gasteiger partial charge in [0.1, 0.15) is 5.60 Å². The minimum Gasteiger partial charge on any atom is -0.384 e. The number of allylic oxidation sites excluding steroid dienone is 2. The van der Waals surface area contributed by atoms with Crippen LogP contribution in [0.25, 0.3) is 5.57 Å². The highest BCUT2D eigenvalue weighted by Crippen LogP contribution is 2.47. The molecular formula is C16H16Br4O. The smallest absolute Gasteiger partial charge is 0.104 e. The molecular weight excluding hydrogens is 528 g/mol. The van der Waals surface area contributed by atoms with Crippen LogP contribution in [0.5, 0.6) is 0 Å². The summed E-state index contributed by atoms with van der Waals surface area (Å²) in [4.78, 5) is -0.144. The first kappa shape index (κ1) is 17.9. The quantitative estimate of drug-likeness (QED) is 0.406. The number of benzene rings is 1. The summed E-state index contributed by atoms with van der Waals surface area (Å²) in [5.41, 5.74) is 4.40. The summed E-state index contributed by atoms with van der Waals surface area (Å²) in [6.07, 6.45) is 2.00. The van der Waals surface area contributed by atoms with Gasteiger partial charge in [-0.3, -0.25) is 0 Å². The van der Waals surface area contributed by atoms with Gasteiger partial charge in [-0.15, -0.1) is 0 Å². The molecule has 1 nitrogen and oxygen atoms in total. The molecule has 2 rings (SSSR count). The molecule has 0 aromatic heterocycles. The summed E-state index contributed by atoms with van der Waals surface area (Å²) in [5, 5.41) is 11.1. The summed E-state index contributed by atoms with van der Waals surface area (Å²) < 4.78 is 3.08. The average molecular weight is 544 g/mol. The van der Waals surface area contributed by atoms with Crippen LogP contribution in [-0.4, -0.2) is 15.5 Å². The molecule has 21 heavy (non-hydrogen) atoms. The molecule has 0 saturated heterocycles. The third kappa shape index (κ3) is 3.01. The fourth-order valence-electron chi connectivity index (χ4n) is 2.72. The molecule has 0 spiro atoms. The van der Waals surface area contributed by atoms with Crippen molar-refractivity contribution in [3.05, 3.63) is 47.8 Å². The molecule has 0 fully saturated rings. The van der Waals surface area contributed by atoms with Crippen molar-refractivity contribution in [1.29, 1.82) is 0 Å². The van der Waals surface area contributed by atoms with Crippen LogP contribution in [0.4, 0.5) is 0 Å². The minimum absolute atomic E-state index is 0.144. The van der Waals surface area contributed by atoms with Gasteiger partial charge in [-0.2, -0.15) is 0 Å². The Morgan fingerprint density at radius 3 is 2.00 bits per heavy atom. The van der Waals surface area contributed by atoms with Gasteiger partial charge in [0.15, 0.2) is 0 Å². The molecule has 2 unspecified atom stereocenters. The van der Waals surface area contributed by atoms with Gasteiger partial charge in [0, 0.05) is 13.4 Å². The fourth-order valence-corrected chi connectivity index (χ4v) is 5.19. The predicted molar refractivity (Wildman–Crippen MR) is 104 cm³/mol. The van der Waals surface area contributed by atoms with Crippen LogP contribution in [0.1, 0.15) is 30.5 Å². The van der Waals surface area contributed by atoms with Crippen molar-refractivity contribution < 1.29 is 5.11 Å². The van der Waals surface area contributed by atoms with Crippen LogP contribution >= 0.6 is 63.7 Å². The summed E-state index contributed by atoms with van der Waals surface area (Å²) in [7, 11) is 0. The van der Waals surface area contributed by atoms with Crippen LogP contribution < -0.4 is 0 Å². The Morgan fingerprint density at radius 1 is 1.05 bits per heavy atom. The maximum absolute atomic E-state index is 11.1. The highest BCUT2D eigenvalue weighted by molar-refractivity contribution is 9.12. The molecule has 5 heteroatoms. The second-order valence-electron chi connectivity index (χ2n) is 5.53. The number of hydrogen-bond acceptors (Lipinski definition) is 1. The van der Waals surface area contributed by atoms with Gasteiger partial charge in [0.05, 0.1) is 4.83 Å². The zero-order valence-corrected chi connectivity index (χ0v) is 18.5. The SMILES string of the molecule is CC1=C(c2c(C)c(Br)cc(Br)c2C)C(C)(O)C(Br)C=C1Br. The van der Waals surface area contributed by atoms with Gasteiger partial charge in [-0.25, -0.2) is 0 Å². The van der Waals surface area contributed by atoms with E-state index in [-0.39, 0.29) is 4.83 Å². The topological polar surface area (TPSA) is 20.2 Å². The van der Waals surface area contributed by atoms with E-state index in [4.69, 9.17) is 0 Å². The van der Waals surface area contributed by atoms with Crippen molar-refractivity contribution in [3.8, 4) is 0 Å². The fraction of sp³-hybridized carbons (Fsp3) is 0.375. The van der Waals surface area contributed by atoms with Crippen molar-refractivity contribution in [3.63, 3.8) is 0 Å². The first-order chi connectivity index (χ1) is 9.59. The molecule has 1 aliphatic rings. The Morgan fingerprint density at radius 2 is 1.52 bits per heavy atom. The Hall–Kier alpha value is 0.580. The van der Waals surface area contributed by atoms with E-state index in [2.05, 4.69) is 83.6 Å². The first-order valence-electron chi connectivity index (χ1n) is 6.50.